The van der Waals surface area contributed by atoms with Crippen molar-refractivity contribution in [3.63, 3.8) is 0 Å². The number of nitrogens with zero attached hydrogens (tertiary/aromatic N) is 1. The first kappa shape index (κ1) is 16.5. The molecule has 0 aliphatic carbocycles. The number of rotatable bonds is 6. The van der Waals surface area contributed by atoms with Gasteiger partial charge >= 0.3 is 0 Å². The summed E-state index contributed by atoms with van der Waals surface area (Å²) in [6.45, 7) is 1.94. The second-order valence-electron chi connectivity index (χ2n) is 5.35. The summed E-state index contributed by atoms with van der Waals surface area (Å²) in [7, 11) is -3.76. The molecule has 0 saturated heterocycles. The fraction of sp³-hybridized carbons (Fsp3) is 0.333. The number of hydrogen-bond donors (Lipinski definition) is 2. The highest BCUT2D eigenvalue weighted by atomic mass is 32.2. The second kappa shape index (κ2) is 6.62. The van der Waals surface area contributed by atoms with Gasteiger partial charge < -0.3 is 14.6 Å². The van der Waals surface area contributed by atoms with E-state index in [4.69, 9.17) is 9.26 Å². The van der Waals surface area contributed by atoms with Gasteiger partial charge in [-0.25, -0.2) is 13.1 Å². The van der Waals surface area contributed by atoms with E-state index in [0.717, 1.165) is 18.5 Å². The van der Waals surface area contributed by atoms with Crippen LogP contribution in [0.4, 0.5) is 5.69 Å². The standard InChI is InChI=1S/C15H17N3O5S/c1-2-3-10-6-11(23-18-10)8-16-24(20,21)12-4-5-14-13(7-12)17-15(19)9-22-14/h4-7,16H,2-3,8-9H2,1H3,(H,17,19). The molecular formula is C15H17N3O5S. The lowest BCUT2D eigenvalue weighted by molar-refractivity contribution is -0.118. The molecule has 1 amide bonds. The first-order valence-corrected chi connectivity index (χ1v) is 8.97. The molecule has 1 aliphatic rings. The van der Waals surface area contributed by atoms with Crippen LogP contribution < -0.4 is 14.8 Å². The van der Waals surface area contributed by atoms with Crippen molar-refractivity contribution in [1.82, 2.24) is 9.88 Å². The summed E-state index contributed by atoms with van der Waals surface area (Å²) in [6, 6.07) is 6.02. The van der Waals surface area contributed by atoms with Gasteiger partial charge in [0.05, 0.1) is 22.8 Å². The molecule has 8 nitrogen and oxygen atoms in total. The third-order valence-corrected chi connectivity index (χ3v) is 4.84. The van der Waals surface area contributed by atoms with Crippen LogP contribution in [0.15, 0.2) is 33.7 Å². The van der Waals surface area contributed by atoms with Crippen molar-refractivity contribution < 1.29 is 22.5 Å². The summed E-state index contributed by atoms with van der Waals surface area (Å²) in [6.07, 6.45) is 1.71. The number of amides is 1. The van der Waals surface area contributed by atoms with Crippen LogP contribution in [0.25, 0.3) is 0 Å². The molecule has 24 heavy (non-hydrogen) atoms. The van der Waals surface area contributed by atoms with Crippen LogP contribution in [0.5, 0.6) is 5.75 Å². The van der Waals surface area contributed by atoms with E-state index in [-0.39, 0.29) is 24.0 Å². The predicted molar refractivity (Wildman–Crippen MR) is 85.1 cm³/mol. The van der Waals surface area contributed by atoms with Crippen LogP contribution in [-0.2, 0) is 27.8 Å². The first-order chi connectivity index (χ1) is 11.5. The molecule has 1 aromatic heterocycles. The Morgan fingerprint density at radius 1 is 1.33 bits per heavy atom. The molecular weight excluding hydrogens is 334 g/mol. The van der Waals surface area contributed by atoms with Crippen LogP contribution in [0.1, 0.15) is 24.8 Å². The maximum atomic E-state index is 12.4. The van der Waals surface area contributed by atoms with Crippen molar-refractivity contribution in [3.8, 4) is 5.75 Å². The Morgan fingerprint density at radius 2 is 2.17 bits per heavy atom. The van der Waals surface area contributed by atoms with Gasteiger partial charge in [0.25, 0.3) is 5.91 Å². The van der Waals surface area contributed by atoms with Gasteiger partial charge in [0.2, 0.25) is 10.0 Å². The van der Waals surface area contributed by atoms with Crippen LogP contribution in [0.3, 0.4) is 0 Å². The van der Waals surface area contributed by atoms with Crippen LogP contribution >= 0.6 is 0 Å². The number of sulfonamides is 1. The van der Waals surface area contributed by atoms with Gasteiger partial charge in [-0.1, -0.05) is 18.5 Å². The highest BCUT2D eigenvalue weighted by Crippen LogP contribution is 2.30. The summed E-state index contributed by atoms with van der Waals surface area (Å²) >= 11 is 0. The number of carbonyl (C=O) groups is 1. The zero-order valence-corrected chi connectivity index (χ0v) is 13.9. The lowest BCUT2D eigenvalue weighted by Crippen LogP contribution is -2.27. The summed E-state index contributed by atoms with van der Waals surface area (Å²) < 4.78 is 37.5. The number of ether oxygens (including phenoxy) is 1. The zero-order chi connectivity index (χ0) is 17.2. The number of anilines is 1. The minimum atomic E-state index is -3.76. The summed E-state index contributed by atoms with van der Waals surface area (Å²) in [4.78, 5) is 11.4. The van der Waals surface area contributed by atoms with Crippen molar-refractivity contribution >= 4 is 21.6 Å². The fourth-order valence-corrected chi connectivity index (χ4v) is 3.31. The molecule has 0 atom stereocenters. The second-order valence-corrected chi connectivity index (χ2v) is 7.12. The molecule has 0 unspecified atom stereocenters. The quantitative estimate of drug-likeness (QED) is 0.815. The van der Waals surface area contributed by atoms with E-state index in [2.05, 4.69) is 15.2 Å². The van der Waals surface area contributed by atoms with E-state index in [1.165, 1.54) is 18.2 Å². The van der Waals surface area contributed by atoms with Crippen LogP contribution in [0.2, 0.25) is 0 Å². The average Bonchev–Trinajstić information content (AvgIpc) is 3.00. The smallest absolute Gasteiger partial charge is 0.262 e. The lowest BCUT2D eigenvalue weighted by Gasteiger charge is -2.18. The third kappa shape index (κ3) is 3.57. The van der Waals surface area contributed by atoms with E-state index in [1.54, 1.807) is 6.07 Å². The zero-order valence-electron chi connectivity index (χ0n) is 13.0. The number of nitrogens with one attached hydrogen (secondary N) is 2. The maximum absolute atomic E-state index is 12.4. The molecule has 0 saturated carbocycles. The normalized spacial score (nSPS) is 14.0. The molecule has 0 fully saturated rings. The number of hydrogen-bond acceptors (Lipinski definition) is 6. The van der Waals surface area contributed by atoms with Crippen molar-refractivity contribution in [2.45, 2.75) is 31.2 Å². The highest BCUT2D eigenvalue weighted by Gasteiger charge is 2.21. The predicted octanol–water partition coefficient (Wildman–Crippen LogP) is 1.44. The Balaban J connectivity index is 1.73. The van der Waals surface area contributed by atoms with E-state index in [9.17, 15) is 13.2 Å². The monoisotopic (exact) mass is 351 g/mol. The Labute approximate surface area is 139 Å². The van der Waals surface area contributed by atoms with Gasteiger partial charge in [-0.3, -0.25) is 4.79 Å². The first-order valence-electron chi connectivity index (χ1n) is 7.49. The van der Waals surface area contributed by atoms with E-state index >= 15 is 0 Å². The van der Waals surface area contributed by atoms with Crippen LogP contribution in [0, 0.1) is 0 Å². The lowest BCUT2D eigenvalue weighted by atomic mass is 10.2. The largest absolute Gasteiger partial charge is 0.482 e. The molecule has 3 rings (SSSR count). The SMILES string of the molecule is CCCc1cc(CNS(=O)(=O)c2ccc3c(c2)NC(=O)CO3)on1. The number of fused-ring (bicyclic) bond motifs is 1. The number of aromatic nitrogens is 1. The van der Waals surface area contributed by atoms with Gasteiger partial charge in [-0.05, 0) is 24.6 Å². The molecule has 128 valence electrons. The Morgan fingerprint density at radius 3 is 2.96 bits per heavy atom. The van der Waals surface area contributed by atoms with Gasteiger partial charge in [-0.15, -0.1) is 0 Å². The van der Waals surface area contributed by atoms with E-state index < -0.39 is 10.0 Å². The molecule has 9 heteroatoms. The van der Waals surface area contributed by atoms with E-state index in [1.807, 2.05) is 6.92 Å². The molecule has 1 aliphatic heterocycles. The molecule has 2 N–H and O–H groups in total. The minimum Gasteiger partial charge on any atom is -0.482 e. The van der Waals surface area contributed by atoms with Crippen molar-refractivity contribution in [3.05, 3.63) is 35.7 Å². The highest BCUT2D eigenvalue weighted by molar-refractivity contribution is 7.89. The molecule has 2 aromatic rings. The van der Waals surface area contributed by atoms with Crippen molar-refractivity contribution in [1.29, 1.82) is 0 Å². The topological polar surface area (TPSA) is 111 Å². The van der Waals surface area contributed by atoms with Gasteiger partial charge in [-0.2, -0.15) is 0 Å². The van der Waals surface area contributed by atoms with Gasteiger partial charge in [0.15, 0.2) is 12.4 Å². The maximum Gasteiger partial charge on any atom is 0.262 e. The molecule has 1 aromatic carbocycles. The van der Waals surface area contributed by atoms with E-state index in [0.29, 0.717) is 17.2 Å². The number of aryl methyl sites for hydroxylation is 1. The van der Waals surface area contributed by atoms with Crippen molar-refractivity contribution in [2.24, 2.45) is 0 Å². The van der Waals surface area contributed by atoms with Crippen LogP contribution in [-0.4, -0.2) is 26.1 Å². The fourth-order valence-electron chi connectivity index (χ4n) is 2.29. The minimum absolute atomic E-state index is 0.00100. The van der Waals surface area contributed by atoms with Crippen molar-refractivity contribution in [2.75, 3.05) is 11.9 Å². The molecule has 0 bridgehead atoms. The summed E-state index contributed by atoms with van der Waals surface area (Å²) in [5, 5.41) is 6.45. The number of carbonyl (C=O) groups excluding carboxylic acids is 1. The molecule has 0 spiro atoms. The Hall–Kier alpha value is -2.39. The average molecular weight is 351 g/mol. The summed E-state index contributed by atoms with van der Waals surface area (Å²) in [5.74, 6) is 0.555. The molecule has 0 radical (unpaired) electrons. The third-order valence-electron chi connectivity index (χ3n) is 3.44. The molecule has 2 heterocycles. The van der Waals surface area contributed by atoms with Gasteiger partial charge in [0, 0.05) is 6.07 Å². The van der Waals surface area contributed by atoms with Gasteiger partial charge in [0.1, 0.15) is 5.75 Å². The Kier molecular flexibility index (Phi) is 4.54. The summed E-state index contributed by atoms with van der Waals surface area (Å²) in [5.41, 5.74) is 1.12. The number of benzene rings is 1. The Bertz CT molecular complexity index is 860.